The summed E-state index contributed by atoms with van der Waals surface area (Å²) in [4.78, 5) is 23.5. The summed E-state index contributed by atoms with van der Waals surface area (Å²) < 4.78 is 1.65. The highest BCUT2D eigenvalue weighted by molar-refractivity contribution is 5.97. The average molecular weight is 329 g/mol. The van der Waals surface area contributed by atoms with Gasteiger partial charge >= 0.3 is 5.97 Å². The number of hydrogen-bond acceptors (Lipinski definition) is 3. The zero-order chi connectivity index (χ0) is 18.1. The van der Waals surface area contributed by atoms with Crippen molar-refractivity contribution in [3.63, 3.8) is 0 Å². The molecular formula is C18H23N3O3. The lowest BCUT2D eigenvalue weighted by molar-refractivity contribution is -0.138. The Labute approximate surface area is 141 Å². The second-order valence-electron chi connectivity index (χ2n) is 6.95. The molecule has 1 amide bonds. The number of carboxylic acids is 1. The fourth-order valence-electron chi connectivity index (χ4n) is 2.26. The van der Waals surface area contributed by atoms with Gasteiger partial charge in [-0.15, -0.1) is 0 Å². The third kappa shape index (κ3) is 3.82. The maximum absolute atomic E-state index is 12.5. The van der Waals surface area contributed by atoms with Crippen molar-refractivity contribution in [2.75, 3.05) is 0 Å². The molecule has 0 saturated carbocycles. The molecule has 0 aliphatic carbocycles. The lowest BCUT2D eigenvalue weighted by Crippen LogP contribution is -2.39. The molecule has 0 bridgehead atoms. The molecule has 1 aromatic heterocycles. The summed E-state index contributed by atoms with van der Waals surface area (Å²) in [6, 6.07) is 6.83. The quantitative estimate of drug-likeness (QED) is 0.903. The second-order valence-corrected chi connectivity index (χ2v) is 6.95. The molecule has 6 nitrogen and oxygen atoms in total. The largest absolute Gasteiger partial charge is 0.480 e. The number of hydrogen-bond donors (Lipinski definition) is 2. The Balaban J connectivity index is 2.44. The molecule has 2 aromatic rings. The van der Waals surface area contributed by atoms with Crippen LogP contribution < -0.4 is 5.32 Å². The van der Waals surface area contributed by atoms with Crippen LogP contribution in [0.15, 0.2) is 30.5 Å². The Morgan fingerprint density at radius 2 is 1.79 bits per heavy atom. The van der Waals surface area contributed by atoms with E-state index in [1.807, 2.05) is 52.0 Å². The maximum Gasteiger partial charge on any atom is 0.325 e. The molecule has 1 heterocycles. The SMILES string of the molecule is Cc1ccc(-n2cc(C(=O)N[C@@H](C)C(=O)O)c(C(C)(C)C)n2)cc1. The van der Waals surface area contributed by atoms with Crippen LogP contribution in [0, 0.1) is 6.92 Å². The first-order valence-corrected chi connectivity index (χ1v) is 7.80. The van der Waals surface area contributed by atoms with Crippen molar-refractivity contribution in [1.82, 2.24) is 15.1 Å². The van der Waals surface area contributed by atoms with Gasteiger partial charge in [0.2, 0.25) is 0 Å². The molecule has 0 aliphatic rings. The summed E-state index contributed by atoms with van der Waals surface area (Å²) in [5.41, 5.74) is 2.63. The number of benzene rings is 1. The van der Waals surface area contributed by atoms with Gasteiger partial charge in [0.25, 0.3) is 5.91 Å². The monoisotopic (exact) mass is 329 g/mol. The van der Waals surface area contributed by atoms with E-state index in [0.29, 0.717) is 11.3 Å². The Bertz CT molecular complexity index is 755. The zero-order valence-corrected chi connectivity index (χ0v) is 14.6. The van der Waals surface area contributed by atoms with Gasteiger partial charge in [-0.3, -0.25) is 9.59 Å². The topological polar surface area (TPSA) is 84.2 Å². The van der Waals surface area contributed by atoms with E-state index >= 15 is 0 Å². The number of nitrogens with zero attached hydrogens (tertiary/aromatic N) is 2. The third-order valence-electron chi connectivity index (χ3n) is 3.69. The molecule has 2 N–H and O–H groups in total. The normalized spacial score (nSPS) is 12.7. The summed E-state index contributed by atoms with van der Waals surface area (Å²) >= 11 is 0. The van der Waals surface area contributed by atoms with Crippen LogP contribution in [0.5, 0.6) is 0 Å². The number of aliphatic carboxylic acids is 1. The van der Waals surface area contributed by atoms with Crippen molar-refractivity contribution < 1.29 is 14.7 Å². The van der Waals surface area contributed by atoms with Gasteiger partial charge in [-0.25, -0.2) is 4.68 Å². The summed E-state index contributed by atoms with van der Waals surface area (Å²) in [6.45, 7) is 9.33. The molecule has 1 aromatic carbocycles. The standard InChI is InChI=1S/C18H23N3O3/c1-11-6-8-13(9-7-11)21-10-14(15(20-21)18(3,4)5)16(22)19-12(2)17(23)24/h6-10,12H,1-5H3,(H,19,22)(H,23,24)/t12-/m0/s1. The van der Waals surface area contributed by atoms with Gasteiger partial charge in [-0.05, 0) is 26.0 Å². The highest BCUT2D eigenvalue weighted by Crippen LogP contribution is 2.25. The van der Waals surface area contributed by atoms with E-state index in [-0.39, 0.29) is 5.41 Å². The van der Waals surface area contributed by atoms with Gasteiger partial charge in [0.1, 0.15) is 6.04 Å². The number of aromatic nitrogens is 2. The Kier molecular flexibility index (Phi) is 4.78. The van der Waals surface area contributed by atoms with Crippen molar-refractivity contribution in [3.8, 4) is 5.69 Å². The molecule has 0 fully saturated rings. The highest BCUT2D eigenvalue weighted by Gasteiger charge is 2.28. The van der Waals surface area contributed by atoms with Crippen molar-refractivity contribution in [2.24, 2.45) is 0 Å². The summed E-state index contributed by atoms with van der Waals surface area (Å²) in [7, 11) is 0. The number of nitrogens with one attached hydrogen (secondary N) is 1. The molecule has 24 heavy (non-hydrogen) atoms. The fraction of sp³-hybridized carbons (Fsp3) is 0.389. The average Bonchev–Trinajstić information content (AvgIpc) is 2.93. The van der Waals surface area contributed by atoms with E-state index < -0.39 is 17.9 Å². The van der Waals surface area contributed by atoms with Crippen LogP contribution in [0.2, 0.25) is 0 Å². The summed E-state index contributed by atoms with van der Waals surface area (Å²) in [5.74, 6) is -1.51. The fourth-order valence-corrected chi connectivity index (χ4v) is 2.26. The van der Waals surface area contributed by atoms with Crippen LogP contribution >= 0.6 is 0 Å². The number of carbonyl (C=O) groups is 2. The number of amides is 1. The van der Waals surface area contributed by atoms with Crippen LogP contribution in [0.25, 0.3) is 5.69 Å². The minimum atomic E-state index is -1.08. The Morgan fingerprint density at radius 1 is 1.21 bits per heavy atom. The Morgan fingerprint density at radius 3 is 2.29 bits per heavy atom. The molecule has 0 spiro atoms. The number of rotatable bonds is 4. The van der Waals surface area contributed by atoms with Gasteiger partial charge in [0.05, 0.1) is 16.9 Å². The van der Waals surface area contributed by atoms with Crippen LogP contribution in [-0.2, 0) is 10.2 Å². The molecule has 0 radical (unpaired) electrons. The molecule has 0 unspecified atom stereocenters. The van der Waals surface area contributed by atoms with Crippen molar-refractivity contribution in [2.45, 2.75) is 46.1 Å². The van der Waals surface area contributed by atoms with Gasteiger partial charge in [0.15, 0.2) is 0 Å². The minimum absolute atomic E-state index is 0.352. The van der Waals surface area contributed by atoms with Gasteiger partial charge in [-0.1, -0.05) is 38.5 Å². The number of carboxylic acid groups (broad SMARTS) is 1. The molecule has 128 valence electrons. The molecule has 0 aliphatic heterocycles. The third-order valence-corrected chi connectivity index (χ3v) is 3.69. The molecule has 0 saturated heterocycles. The van der Waals surface area contributed by atoms with Crippen LogP contribution in [0.4, 0.5) is 0 Å². The van der Waals surface area contributed by atoms with Crippen molar-refractivity contribution >= 4 is 11.9 Å². The first-order chi connectivity index (χ1) is 11.1. The van der Waals surface area contributed by atoms with Gasteiger partial charge in [0, 0.05) is 11.6 Å². The predicted molar refractivity (Wildman–Crippen MR) is 91.6 cm³/mol. The summed E-state index contributed by atoms with van der Waals surface area (Å²) in [5, 5.41) is 16.0. The van der Waals surface area contributed by atoms with E-state index in [9.17, 15) is 9.59 Å². The summed E-state index contributed by atoms with van der Waals surface area (Å²) in [6.07, 6.45) is 1.65. The predicted octanol–water partition coefficient (Wildman–Crippen LogP) is 2.68. The van der Waals surface area contributed by atoms with Crippen molar-refractivity contribution in [1.29, 1.82) is 0 Å². The molecular weight excluding hydrogens is 306 g/mol. The maximum atomic E-state index is 12.5. The van der Waals surface area contributed by atoms with E-state index in [2.05, 4.69) is 10.4 Å². The van der Waals surface area contributed by atoms with Gasteiger partial charge in [-0.2, -0.15) is 5.10 Å². The first kappa shape index (κ1) is 17.7. The lowest BCUT2D eigenvalue weighted by Gasteiger charge is -2.17. The van der Waals surface area contributed by atoms with E-state index in [1.165, 1.54) is 6.92 Å². The highest BCUT2D eigenvalue weighted by atomic mass is 16.4. The molecule has 6 heteroatoms. The molecule has 2 rings (SSSR count). The lowest BCUT2D eigenvalue weighted by atomic mass is 9.89. The van der Waals surface area contributed by atoms with Crippen LogP contribution in [0.1, 0.15) is 49.3 Å². The number of aryl methyl sites for hydroxylation is 1. The van der Waals surface area contributed by atoms with Gasteiger partial charge < -0.3 is 10.4 Å². The second kappa shape index (κ2) is 6.47. The van der Waals surface area contributed by atoms with E-state index in [4.69, 9.17) is 5.11 Å². The smallest absolute Gasteiger partial charge is 0.325 e. The van der Waals surface area contributed by atoms with Crippen molar-refractivity contribution in [3.05, 3.63) is 47.3 Å². The Hall–Kier alpha value is -2.63. The van der Waals surface area contributed by atoms with E-state index in [0.717, 1.165) is 11.3 Å². The number of carbonyl (C=O) groups excluding carboxylic acids is 1. The van der Waals surface area contributed by atoms with Crippen LogP contribution in [-0.4, -0.2) is 32.8 Å². The van der Waals surface area contributed by atoms with E-state index in [1.54, 1.807) is 10.9 Å². The zero-order valence-electron chi connectivity index (χ0n) is 14.6. The van der Waals surface area contributed by atoms with Crippen LogP contribution in [0.3, 0.4) is 0 Å². The minimum Gasteiger partial charge on any atom is -0.480 e. The molecule has 1 atom stereocenters. The first-order valence-electron chi connectivity index (χ1n) is 7.80.